The number of nitrogens with zero attached hydrogens (tertiary/aromatic N) is 1. The highest BCUT2D eigenvalue weighted by Crippen LogP contribution is 2.32. The van der Waals surface area contributed by atoms with Gasteiger partial charge in [0.2, 0.25) is 5.91 Å². The molecule has 1 amide bonds. The Balaban J connectivity index is 2.12. The van der Waals surface area contributed by atoms with Crippen LogP contribution in [0.25, 0.3) is 0 Å². The lowest BCUT2D eigenvalue weighted by molar-refractivity contribution is -0.148. The second-order valence-corrected chi connectivity index (χ2v) is 6.60. The van der Waals surface area contributed by atoms with Crippen molar-refractivity contribution in [2.45, 2.75) is 44.5 Å². The van der Waals surface area contributed by atoms with Gasteiger partial charge in [-0.25, -0.2) is 4.79 Å². The van der Waals surface area contributed by atoms with Gasteiger partial charge in [-0.15, -0.1) is 11.8 Å². The van der Waals surface area contributed by atoms with Crippen molar-refractivity contribution in [1.82, 2.24) is 4.90 Å². The molecule has 114 valence electrons. The van der Waals surface area contributed by atoms with Crippen molar-refractivity contribution >= 4 is 23.6 Å². The van der Waals surface area contributed by atoms with Crippen molar-refractivity contribution in [2.75, 3.05) is 5.75 Å². The van der Waals surface area contributed by atoms with Gasteiger partial charge in [-0.2, -0.15) is 0 Å². The lowest BCUT2D eigenvalue weighted by Gasteiger charge is -2.27. The zero-order chi connectivity index (χ0) is 15.4. The van der Waals surface area contributed by atoms with Crippen LogP contribution in [0.2, 0.25) is 0 Å². The van der Waals surface area contributed by atoms with E-state index in [4.69, 9.17) is 0 Å². The third-order valence-corrected chi connectivity index (χ3v) is 5.03. The van der Waals surface area contributed by atoms with E-state index in [0.717, 1.165) is 24.0 Å². The number of amides is 1. The van der Waals surface area contributed by atoms with Gasteiger partial charge in [0.15, 0.2) is 0 Å². The standard InChI is InChI=1S/C16H21NO3S/c1-3-4-15-17(13(10-21-15)16(19)20)14(18)9-12-7-5-11(2)6-8-12/h5-8,13,15H,3-4,9-10H2,1-2H3,(H,19,20). The summed E-state index contributed by atoms with van der Waals surface area (Å²) in [5, 5.41) is 9.31. The van der Waals surface area contributed by atoms with Crippen LogP contribution in [0, 0.1) is 6.92 Å². The zero-order valence-corrected chi connectivity index (χ0v) is 13.2. The Hall–Kier alpha value is -1.49. The minimum absolute atomic E-state index is 0.00551. The summed E-state index contributed by atoms with van der Waals surface area (Å²) in [6, 6.07) is 7.12. The summed E-state index contributed by atoms with van der Waals surface area (Å²) in [6.45, 7) is 4.05. The Labute approximate surface area is 129 Å². The molecule has 1 heterocycles. The molecular formula is C16H21NO3S. The topological polar surface area (TPSA) is 57.6 Å². The summed E-state index contributed by atoms with van der Waals surface area (Å²) >= 11 is 1.58. The monoisotopic (exact) mass is 307 g/mol. The number of rotatable bonds is 5. The quantitative estimate of drug-likeness (QED) is 0.908. The van der Waals surface area contributed by atoms with Crippen molar-refractivity contribution in [2.24, 2.45) is 0 Å². The van der Waals surface area contributed by atoms with Crippen molar-refractivity contribution in [3.05, 3.63) is 35.4 Å². The maximum absolute atomic E-state index is 12.5. The maximum Gasteiger partial charge on any atom is 0.327 e. The van der Waals surface area contributed by atoms with Gasteiger partial charge in [0.25, 0.3) is 0 Å². The molecule has 0 aliphatic carbocycles. The fraction of sp³-hybridized carbons (Fsp3) is 0.500. The summed E-state index contributed by atoms with van der Waals surface area (Å²) in [5.74, 6) is -0.507. The van der Waals surface area contributed by atoms with Gasteiger partial charge >= 0.3 is 5.97 Å². The van der Waals surface area contributed by atoms with E-state index in [1.807, 2.05) is 31.2 Å². The predicted molar refractivity (Wildman–Crippen MR) is 84.3 cm³/mol. The third kappa shape index (κ3) is 3.79. The number of aliphatic carboxylic acids is 1. The van der Waals surface area contributed by atoms with Crippen LogP contribution < -0.4 is 0 Å². The second-order valence-electron chi connectivity index (χ2n) is 5.39. The van der Waals surface area contributed by atoms with E-state index in [1.54, 1.807) is 16.7 Å². The molecule has 21 heavy (non-hydrogen) atoms. The summed E-state index contributed by atoms with van der Waals surface area (Å²) in [4.78, 5) is 25.5. The second kappa shape index (κ2) is 6.98. The Bertz CT molecular complexity index is 515. The van der Waals surface area contributed by atoms with Gasteiger partial charge in [0.1, 0.15) is 6.04 Å². The number of hydrogen-bond donors (Lipinski definition) is 1. The van der Waals surface area contributed by atoms with Crippen LogP contribution in [-0.4, -0.2) is 39.1 Å². The molecule has 5 heteroatoms. The predicted octanol–water partition coefficient (Wildman–Crippen LogP) is 2.69. The normalized spacial score (nSPS) is 21.5. The van der Waals surface area contributed by atoms with Gasteiger partial charge in [-0.1, -0.05) is 43.2 Å². The molecule has 0 bridgehead atoms. The number of benzene rings is 1. The first-order chi connectivity index (χ1) is 10.0. The van der Waals surface area contributed by atoms with Crippen LogP contribution in [-0.2, 0) is 16.0 Å². The third-order valence-electron chi connectivity index (χ3n) is 3.68. The Morgan fingerprint density at radius 3 is 2.57 bits per heavy atom. The maximum atomic E-state index is 12.5. The molecule has 1 aliphatic rings. The number of carbonyl (C=O) groups is 2. The van der Waals surface area contributed by atoms with Crippen molar-refractivity contribution in [3.63, 3.8) is 0 Å². The molecule has 1 saturated heterocycles. The number of carboxylic acids is 1. The lowest BCUT2D eigenvalue weighted by Crippen LogP contribution is -2.46. The molecule has 2 unspecified atom stereocenters. The van der Waals surface area contributed by atoms with Crippen LogP contribution in [0.1, 0.15) is 30.9 Å². The summed E-state index contributed by atoms with van der Waals surface area (Å²) < 4.78 is 0. The van der Waals surface area contributed by atoms with E-state index < -0.39 is 12.0 Å². The lowest BCUT2D eigenvalue weighted by atomic mass is 10.1. The highest BCUT2D eigenvalue weighted by molar-refractivity contribution is 8.00. The highest BCUT2D eigenvalue weighted by Gasteiger charge is 2.40. The molecule has 0 saturated carbocycles. The van der Waals surface area contributed by atoms with E-state index >= 15 is 0 Å². The van der Waals surface area contributed by atoms with Gasteiger partial charge in [-0.3, -0.25) is 4.79 Å². The average molecular weight is 307 g/mol. The van der Waals surface area contributed by atoms with Crippen molar-refractivity contribution in [3.8, 4) is 0 Å². The van der Waals surface area contributed by atoms with E-state index in [2.05, 4.69) is 6.92 Å². The largest absolute Gasteiger partial charge is 0.480 e. The molecule has 0 spiro atoms. The van der Waals surface area contributed by atoms with Crippen molar-refractivity contribution < 1.29 is 14.7 Å². The molecule has 1 N–H and O–H groups in total. The Morgan fingerprint density at radius 1 is 1.33 bits per heavy atom. The van der Waals surface area contributed by atoms with Crippen LogP contribution in [0.15, 0.2) is 24.3 Å². The van der Waals surface area contributed by atoms with Gasteiger partial charge in [-0.05, 0) is 18.9 Å². The molecule has 1 aliphatic heterocycles. The first-order valence-corrected chi connectivity index (χ1v) is 8.29. The fourth-order valence-corrected chi connectivity index (χ4v) is 4.06. The number of hydrogen-bond acceptors (Lipinski definition) is 3. The number of carboxylic acid groups (broad SMARTS) is 1. The highest BCUT2D eigenvalue weighted by atomic mass is 32.2. The smallest absolute Gasteiger partial charge is 0.327 e. The van der Waals surface area contributed by atoms with Crippen LogP contribution in [0.4, 0.5) is 0 Å². The Kier molecular flexibility index (Phi) is 5.28. The molecule has 4 nitrogen and oxygen atoms in total. The average Bonchev–Trinajstić information content (AvgIpc) is 2.86. The van der Waals surface area contributed by atoms with Crippen molar-refractivity contribution in [1.29, 1.82) is 0 Å². The molecule has 1 fully saturated rings. The molecule has 2 atom stereocenters. The molecule has 0 radical (unpaired) electrons. The first kappa shape index (κ1) is 15.9. The molecule has 1 aromatic carbocycles. The fourth-order valence-electron chi connectivity index (χ4n) is 2.53. The number of aryl methyl sites for hydroxylation is 1. The van der Waals surface area contributed by atoms with Gasteiger partial charge in [0, 0.05) is 5.75 Å². The minimum atomic E-state index is -0.904. The SMILES string of the molecule is CCCC1SCC(C(=O)O)N1C(=O)Cc1ccc(C)cc1. The first-order valence-electron chi connectivity index (χ1n) is 7.24. The molecule has 0 aromatic heterocycles. The van der Waals surface area contributed by atoms with Crippen LogP contribution in [0.5, 0.6) is 0 Å². The van der Waals surface area contributed by atoms with E-state index in [9.17, 15) is 14.7 Å². The number of thioether (sulfide) groups is 1. The Morgan fingerprint density at radius 2 is 2.00 bits per heavy atom. The molecule has 2 rings (SSSR count). The molecular weight excluding hydrogens is 286 g/mol. The molecule has 1 aromatic rings. The van der Waals surface area contributed by atoms with E-state index in [0.29, 0.717) is 5.75 Å². The van der Waals surface area contributed by atoms with Gasteiger partial charge in [0.05, 0.1) is 11.8 Å². The van der Waals surface area contributed by atoms with E-state index in [-0.39, 0.29) is 17.7 Å². The number of carbonyl (C=O) groups excluding carboxylic acids is 1. The summed E-state index contributed by atoms with van der Waals surface area (Å²) in [6.07, 6.45) is 2.05. The minimum Gasteiger partial charge on any atom is -0.480 e. The van der Waals surface area contributed by atoms with E-state index in [1.165, 1.54) is 0 Å². The van der Waals surface area contributed by atoms with Crippen LogP contribution in [0.3, 0.4) is 0 Å². The van der Waals surface area contributed by atoms with Gasteiger partial charge < -0.3 is 10.0 Å². The summed E-state index contributed by atoms with van der Waals surface area (Å²) in [7, 11) is 0. The summed E-state index contributed by atoms with van der Waals surface area (Å²) in [5.41, 5.74) is 2.08. The van der Waals surface area contributed by atoms with Crippen LogP contribution >= 0.6 is 11.8 Å². The zero-order valence-electron chi connectivity index (χ0n) is 12.4.